The number of halogens is 1. The van der Waals surface area contributed by atoms with Crippen molar-refractivity contribution in [2.45, 2.75) is 25.3 Å². The minimum atomic E-state index is -0.256. The third-order valence-corrected chi connectivity index (χ3v) is 3.39. The summed E-state index contributed by atoms with van der Waals surface area (Å²) >= 11 is 0. The Labute approximate surface area is 112 Å². The number of likely N-dealkylation sites (tertiary alicyclic amines) is 1. The molecule has 1 aliphatic rings. The molecular weight excluding hydrogens is 245 g/mol. The lowest BCUT2D eigenvalue weighted by molar-refractivity contribution is -0.118. The molecule has 3 N–H and O–H groups in total. The zero-order valence-corrected chi connectivity index (χ0v) is 10.9. The number of carbonyl (C=O) groups excluding carboxylic acids is 1. The van der Waals surface area contributed by atoms with Gasteiger partial charge in [-0.05, 0) is 43.7 Å². The molecule has 1 heterocycles. The van der Waals surface area contributed by atoms with Crippen LogP contribution in [0.25, 0.3) is 0 Å². The molecule has 1 fully saturated rings. The van der Waals surface area contributed by atoms with Gasteiger partial charge < -0.3 is 16.0 Å². The van der Waals surface area contributed by atoms with Crippen molar-refractivity contribution in [2.24, 2.45) is 5.73 Å². The van der Waals surface area contributed by atoms with E-state index in [9.17, 15) is 9.18 Å². The maximum absolute atomic E-state index is 12.8. The molecule has 0 radical (unpaired) electrons. The van der Waals surface area contributed by atoms with Gasteiger partial charge in [-0.1, -0.05) is 0 Å². The normalized spacial score (nSPS) is 20.2. The zero-order chi connectivity index (χ0) is 13.7. The van der Waals surface area contributed by atoms with Crippen LogP contribution >= 0.6 is 0 Å². The predicted molar refractivity (Wildman–Crippen MR) is 73.3 cm³/mol. The van der Waals surface area contributed by atoms with E-state index < -0.39 is 0 Å². The van der Waals surface area contributed by atoms with Gasteiger partial charge in [-0.3, -0.25) is 4.79 Å². The van der Waals surface area contributed by atoms with E-state index in [-0.39, 0.29) is 11.7 Å². The Hall–Kier alpha value is -1.62. The summed E-state index contributed by atoms with van der Waals surface area (Å²) in [6.45, 7) is 2.62. The fraction of sp³-hybridized carbons (Fsp3) is 0.500. The highest BCUT2D eigenvalue weighted by Gasteiger charge is 2.19. The highest BCUT2D eigenvalue weighted by atomic mass is 19.1. The summed E-state index contributed by atoms with van der Waals surface area (Å²) in [5.74, 6) is -0.481. The van der Waals surface area contributed by atoms with Gasteiger partial charge in [0.25, 0.3) is 0 Å². The number of hydrogen-bond donors (Lipinski definition) is 2. The van der Waals surface area contributed by atoms with E-state index in [1.807, 2.05) is 0 Å². The Morgan fingerprint density at radius 2 is 2.16 bits per heavy atom. The van der Waals surface area contributed by atoms with Crippen LogP contribution in [0, 0.1) is 5.82 Å². The number of piperidine rings is 1. The van der Waals surface area contributed by atoms with Crippen molar-refractivity contribution in [3.8, 4) is 0 Å². The van der Waals surface area contributed by atoms with Crippen LogP contribution < -0.4 is 11.1 Å². The van der Waals surface area contributed by atoms with Crippen molar-refractivity contribution >= 4 is 11.6 Å². The number of benzene rings is 1. The van der Waals surface area contributed by atoms with Gasteiger partial charge in [0.15, 0.2) is 0 Å². The molecular formula is C14H20FN3O. The van der Waals surface area contributed by atoms with Gasteiger partial charge in [-0.2, -0.15) is 0 Å². The number of carbonyl (C=O) groups is 1. The summed E-state index contributed by atoms with van der Waals surface area (Å²) in [4.78, 5) is 13.0. The van der Waals surface area contributed by atoms with Crippen molar-refractivity contribution in [1.29, 1.82) is 0 Å². The maximum Gasteiger partial charge on any atom is 0.218 e. The van der Waals surface area contributed by atoms with Crippen LogP contribution in [-0.2, 0) is 4.79 Å². The average molecular weight is 265 g/mol. The molecule has 0 bridgehead atoms. The number of nitrogens with one attached hydrogen (secondary N) is 1. The van der Waals surface area contributed by atoms with Crippen molar-refractivity contribution in [3.63, 3.8) is 0 Å². The number of amides is 1. The average Bonchev–Trinajstić information content (AvgIpc) is 2.40. The second-order valence-electron chi connectivity index (χ2n) is 5.01. The van der Waals surface area contributed by atoms with Crippen LogP contribution in [0.2, 0.25) is 0 Å². The molecule has 1 saturated heterocycles. The van der Waals surface area contributed by atoms with E-state index in [4.69, 9.17) is 5.73 Å². The van der Waals surface area contributed by atoms with Gasteiger partial charge in [0.05, 0.1) is 0 Å². The van der Waals surface area contributed by atoms with E-state index in [1.165, 1.54) is 12.1 Å². The van der Waals surface area contributed by atoms with Gasteiger partial charge in [0.2, 0.25) is 5.91 Å². The first-order valence-corrected chi connectivity index (χ1v) is 6.66. The molecule has 0 aromatic heterocycles. The molecule has 1 atom stereocenters. The Balaban J connectivity index is 1.83. The quantitative estimate of drug-likeness (QED) is 0.849. The van der Waals surface area contributed by atoms with Crippen LogP contribution in [0.5, 0.6) is 0 Å². The fourth-order valence-electron chi connectivity index (χ4n) is 2.43. The number of anilines is 1. The van der Waals surface area contributed by atoms with Crippen LogP contribution in [0.4, 0.5) is 10.1 Å². The van der Waals surface area contributed by atoms with E-state index in [2.05, 4.69) is 10.2 Å². The first kappa shape index (κ1) is 13.8. The Morgan fingerprint density at radius 1 is 1.42 bits per heavy atom. The lowest BCUT2D eigenvalue weighted by Crippen LogP contribution is -2.43. The summed E-state index contributed by atoms with van der Waals surface area (Å²) in [7, 11) is 0. The number of primary amides is 1. The van der Waals surface area contributed by atoms with E-state index in [0.29, 0.717) is 12.5 Å². The third-order valence-electron chi connectivity index (χ3n) is 3.39. The summed E-state index contributed by atoms with van der Waals surface area (Å²) in [5, 5.41) is 3.40. The molecule has 0 aliphatic carbocycles. The molecule has 2 rings (SSSR count). The van der Waals surface area contributed by atoms with Crippen molar-refractivity contribution in [1.82, 2.24) is 4.90 Å². The Bertz CT molecular complexity index is 421. The first-order valence-electron chi connectivity index (χ1n) is 6.66. The molecule has 0 unspecified atom stereocenters. The summed E-state index contributed by atoms with van der Waals surface area (Å²) < 4.78 is 12.8. The molecule has 1 aliphatic heterocycles. The lowest BCUT2D eigenvalue weighted by atomic mass is 10.0. The standard InChI is InChI=1S/C14H20FN3O/c15-11-3-5-12(6-4-11)17-13-2-1-8-18(10-13)9-7-14(16)19/h3-6,13,17H,1-2,7-10H2,(H2,16,19)/t13-/m0/s1. The van der Waals surface area contributed by atoms with Crippen LogP contribution in [0.15, 0.2) is 24.3 Å². The molecule has 0 saturated carbocycles. The fourth-order valence-corrected chi connectivity index (χ4v) is 2.43. The molecule has 104 valence electrons. The molecule has 1 amide bonds. The highest BCUT2D eigenvalue weighted by Crippen LogP contribution is 2.16. The number of rotatable bonds is 5. The second kappa shape index (κ2) is 6.52. The van der Waals surface area contributed by atoms with Crippen molar-refractivity contribution < 1.29 is 9.18 Å². The third kappa shape index (κ3) is 4.52. The van der Waals surface area contributed by atoms with E-state index in [0.717, 1.165) is 38.2 Å². The van der Waals surface area contributed by atoms with Crippen molar-refractivity contribution in [2.75, 3.05) is 25.0 Å². The van der Waals surface area contributed by atoms with Gasteiger partial charge in [-0.15, -0.1) is 0 Å². The molecule has 1 aromatic carbocycles. The van der Waals surface area contributed by atoms with E-state index >= 15 is 0 Å². The number of nitrogens with two attached hydrogens (primary N) is 1. The highest BCUT2D eigenvalue weighted by molar-refractivity contribution is 5.73. The second-order valence-corrected chi connectivity index (χ2v) is 5.01. The first-order chi connectivity index (χ1) is 9.13. The Kier molecular flexibility index (Phi) is 4.74. The van der Waals surface area contributed by atoms with Gasteiger partial charge in [0, 0.05) is 31.2 Å². The summed E-state index contributed by atoms with van der Waals surface area (Å²) in [5.41, 5.74) is 6.10. The SMILES string of the molecule is NC(=O)CCN1CCC[C@H](Nc2ccc(F)cc2)C1. The van der Waals surface area contributed by atoms with Gasteiger partial charge in [-0.25, -0.2) is 4.39 Å². The van der Waals surface area contributed by atoms with Crippen molar-refractivity contribution in [3.05, 3.63) is 30.1 Å². The predicted octanol–water partition coefficient (Wildman–Crippen LogP) is 1.58. The Morgan fingerprint density at radius 3 is 2.84 bits per heavy atom. The minimum Gasteiger partial charge on any atom is -0.381 e. The molecule has 1 aromatic rings. The van der Waals surface area contributed by atoms with Gasteiger partial charge >= 0.3 is 0 Å². The molecule has 4 nitrogen and oxygen atoms in total. The van der Waals surface area contributed by atoms with Crippen LogP contribution in [0.1, 0.15) is 19.3 Å². The van der Waals surface area contributed by atoms with Crippen LogP contribution in [0.3, 0.4) is 0 Å². The molecule has 0 spiro atoms. The number of nitrogens with zero attached hydrogens (tertiary/aromatic N) is 1. The molecule has 5 heteroatoms. The topological polar surface area (TPSA) is 58.4 Å². The largest absolute Gasteiger partial charge is 0.381 e. The van der Waals surface area contributed by atoms with Gasteiger partial charge in [0.1, 0.15) is 5.82 Å². The van der Waals surface area contributed by atoms with Crippen LogP contribution in [-0.4, -0.2) is 36.5 Å². The lowest BCUT2D eigenvalue weighted by Gasteiger charge is -2.33. The van der Waals surface area contributed by atoms with E-state index in [1.54, 1.807) is 12.1 Å². The monoisotopic (exact) mass is 265 g/mol. The number of hydrogen-bond acceptors (Lipinski definition) is 3. The zero-order valence-electron chi connectivity index (χ0n) is 10.9. The maximum atomic E-state index is 12.8. The smallest absolute Gasteiger partial charge is 0.218 e. The minimum absolute atomic E-state index is 0.225. The summed E-state index contributed by atoms with van der Waals surface area (Å²) in [6.07, 6.45) is 2.59. The molecule has 19 heavy (non-hydrogen) atoms. The summed E-state index contributed by atoms with van der Waals surface area (Å²) in [6, 6.07) is 6.74.